The minimum absolute atomic E-state index is 0.0838. The molecule has 2 aliphatic rings. The number of rotatable bonds is 3. The molecule has 0 aliphatic carbocycles. The van der Waals surface area contributed by atoms with E-state index in [4.69, 9.17) is 0 Å². The molecule has 2 aliphatic heterocycles. The van der Waals surface area contributed by atoms with Crippen molar-refractivity contribution in [3.05, 3.63) is 35.1 Å². The quantitative estimate of drug-likeness (QED) is 0.721. The Morgan fingerprint density at radius 1 is 1.11 bits per heavy atom. The van der Waals surface area contributed by atoms with E-state index >= 15 is 0 Å². The molecule has 2 atom stereocenters. The van der Waals surface area contributed by atoms with E-state index in [1.54, 1.807) is 0 Å². The fourth-order valence-electron chi connectivity index (χ4n) is 3.91. The van der Waals surface area contributed by atoms with Crippen LogP contribution in [-0.2, 0) is 10.2 Å². The summed E-state index contributed by atoms with van der Waals surface area (Å²) in [5.74, 6) is -5.27. The van der Waals surface area contributed by atoms with Gasteiger partial charge in [0, 0.05) is 39.8 Å². The molecular weight excluding hydrogens is 383 g/mol. The van der Waals surface area contributed by atoms with E-state index in [1.165, 1.54) is 23.3 Å². The van der Waals surface area contributed by atoms with Crippen LogP contribution in [0.1, 0.15) is 29.6 Å². The summed E-state index contributed by atoms with van der Waals surface area (Å²) >= 11 is 0. The molecule has 10 heteroatoms. The first-order valence-electron chi connectivity index (χ1n) is 8.76. The summed E-state index contributed by atoms with van der Waals surface area (Å²) in [6.07, 6.45) is 1.79. The topological polar surface area (TPSA) is 60.9 Å². The van der Waals surface area contributed by atoms with Gasteiger partial charge in [0.25, 0.3) is 16.1 Å². The fraction of sp³-hybridized carbons (Fsp3) is 0.588. The molecule has 0 aromatic heterocycles. The number of nitrogens with zero attached hydrogens (tertiary/aromatic N) is 3. The minimum Gasteiger partial charge on any atom is -0.335 e. The first-order valence-corrected chi connectivity index (χ1v) is 10.2. The Morgan fingerprint density at radius 2 is 1.81 bits per heavy atom. The number of likely N-dealkylation sites (tertiary alicyclic amines) is 1. The highest BCUT2D eigenvalue weighted by Gasteiger charge is 2.42. The summed E-state index contributed by atoms with van der Waals surface area (Å²) in [5.41, 5.74) is -0.502. The van der Waals surface area contributed by atoms with Gasteiger partial charge in [-0.15, -0.1) is 0 Å². The van der Waals surface area contributed by atoms with Crippen molar-refractivity contribution in [1.82, 2.24) is 13.5 Å². The SMILES string of the molecule is CN(C)S(=O)(=O)N1CC[C@H]2[C@H](CCCN2C(=O)c2ccc(F)c(F)c2F)C1. The zero-order chi connectivity index (χ0) is 19.9. The number of benzene rings is 1. The Balaban J connectivity index is 1.82. The van der Waals surface area contributed by atoms with Gasteiger partial charge >= 0.3 is 0 Å². The fourth-order valence-corrected chi connectivity index (χ4v) is 5.09. The molecule has 1 aromatic rings. The van der Waals surface area contributed by atoms with Gasteiger partial charge in [0.2, 0.25) is 0 Å². The van der Waals surface area contributed by atoms with Crippen LogP contribution in [0.25, 0.3) is 0 Å². The summed E-state index contributed by atoms with van der Waals surface area (Å²) in [7, 11) is -0.621. The lowest BCUT2D eigenvalue weighted by atomic mass is 9.84. The van der Waals surface area contributed by atoms with Crippen LogP contribution in [0.15, 0.2) is 12.1 Å². The summed E-state index contributed by atoms with van der Waals surface area (Å²) in [5, 5.41) is 0. The van der Waals surface area contributed by atoms with Gasteiger partial charge in [-0.05, 0) is 37.3 Å². The summed E-state index contributed by atoms with van der Waals surface area (Å²) in [6.45, 7) is 0.889. The average molecular weight is 405 g/mol. The molecule has 0 spiro atoms. The number of piperidine rings is 2. The highest BCUT2D eigenvalue weighted by Crippen LogP contribution is 2.33. The van der Waals surface area contributed by atoms with E-state index in [0.29, 0.717) is 19.4 Å². The van der Waals surface area contributed by atoms with Crippen molar-refractivity contribution in [2.24, 2.45) is 5.92 Å². The molecule has 0 radical (unpaired) electrons. The molecule has 0 unspecified atom stereocenters. The highest BCUT2D eigenvalue weighted by molar-refractivity contribution is 7.86. The molecular formula is C17H22F3N3O3S. The van der Waals surface area contributed by atoms with Crippen molar-refractivity contribution >= 4 is 16.1 Å². The maximum absolute atomic E-state index is 14.0. The number of hydrogen-bond acceptors (Lipinski definition) is 3. The van der Waals surface area contributed by atoms with Crippen LogP contribution in [0.4, 0.5) is 13.2 Å². The molecule has 2 fully saturated rings. The van der Waals surface area contributed by atoms with E-state index < -0.39 is 39.1 Å². The lowest BCUT2D eigenvalue weighted by Gasteiger charge is -2.47. The van der Waals surface area contributed by atoms with Gasteiger partial charge in [0.15, 0.2) is 17.5 Å². The molecule has 2 heterocycles. The van der Waals surface area contributed by atoms with Crippen LogP contribution in [0.5, 0.6) is 0 Å². The molecule has 27 heavy (non-hydrogen) atoms. The third-order valence-corrected chi connectivity index (χ3v) is 7.25. The smallest absolute Gasteiger partial charge is 0.281 e. The second-order valence-electron chi connectivity index (χ2n) is 7.13. The second-order valence-corrected chi connectivity index (χ2v) is 9.27. The highest BCUT2D eigenvalue weighted by atomic mass is 32.2. The Hall–Kier alpha value is -1.65. The molecule has 150 valence electrons. The number of carbonyl (C=O) groups is 1. The molecule has 6 nitrogen and oxygen atoms in total. The van der Waals surface area contributed by atoms with E-state index in [0.717, 1.165) is 22.9 Å². The number of fused-ring (bicyclic) bond motifs is 1. The first kappa shape index (κ1) is 20.1. The zero-order valence-corrected chi connectivity index (χ0v) is 16.0. The number of halogens is 3. The van der Waals surface area contributed by atoms with Crippen LogP contribution in [0.3, 0.4) is 0 Å². The summed E-state index contributed by atoms with van der Waals surface area (Å²) in [6, 6.07) is 1.43. The number of amides is 1. The molecule has 3 rings (SSSR count). The van der Waals surface area contributed by atoms with E-state index in [9.17, 15) is 26.4 Å². The standard InChI is InChI=1S/C17H22F3N3O3S/c1-21(2)27(25,26)22-9-7-14-11(10-22)4-3-8-23(14)17(24)12-5-6-13(18)16(20)15(12)19/h5-6,11,14H,3-4,7-10H2,1-2H3/t11-,14+/m1/s1. The van der Waals surface area contributed by atoms with Crippen molar-refractivity contribution in [3.63, 3.8) is 0 Å². The molecule has 2 saturated heterocycles. The van der Waals surface area contributed by atoms with Crippen LogP contribution < -0.4 is 0 Å². The third kappa shape index (κ3) is 3.57. The predicted molar refractivity (Wildman–Crippen MR) is 92.7 cm³/mol. The van der Waals surface area contributed by atoms with Crippen molar-refractivity contribution in [3.8, 4) is 0 Å². The van der Waals surface area contributed by atoms with Crippen molar-refractivity contribution < 1.29 is 26.4 Å². The van der Waals surface area contributed by atoms with Gasteiger partial charge in [-0.3, -0.25) is 4.79 Å². The molecule has 0 bridgehead atoms. The normalized spacial score (nSPS) is 24.1. The zero-order valence-electron chi connectivity index (χ0n) is 15.2. The third-order valence-electron chi connectivity index (χ3n) is 5.35. The number of carbonyl (C=O) groups excluding carboxylic acids is 1. The average Bonchev–Trinajstić information content (AvgIpc) is 2.64. The molecule has 1 aromatic carbocycles. The van der Waals surface area contributed by atoms with Crippen molar-refractivity contribution in [1.29, 1.82) is 0 Å². The Bertz CT molecular complexity index is 847. The second kappa shape index (κ2) is 7.40. The van der Waals surface area contributed by atoms with Gasteiger partial charge in [-0.25, -0.2) is 13.2 Å². The molecule has 0 saturated carbocycles. The van der Waals surface area contributed by atoms with E-state index in [2.05, 4.69) is 0 Å². The first-order chi connectivity index (χ1) is 12.6. The maximum atomic E-state index is 14.0. The van der Waals surface area contributed by atoms with Crippen LogP contribution in [-0.4, -0.2) is 67.6 Å². The Labute approximate surface area is 156 Å². The lowest BCUT2D eigenvalue weighted by molar-refractivity contribution is 0.0324. The Morgan fingerprint density at radius 3 is 2.48 bits per heavy atom. The summed E-state index contributed by atoms with van der Waals surface area (Å²) in [4.78, 5) is 14.3. The monoisotopic (exact) mass is 405 g/mol. The van der Waals surface area contributed by atoms with Gasteiger partial charge in [0.1, 0.15) is 0 Å². The van der Waals surface area contributed by atoms with Gasteiger partial charge in [-0.2, -0.15) is 17.0 Å². The molecule has 1 amide bonds. The van der Waals surface area contributed by atoms with Gasteiger partial charge in [0.05, 0.1) is 5.56 Å². The maximum Gasteiger partial charge on any atom is 0.281 e. The lowest BCUT2D eigenvalue weighted by Crippen LogP contribution is -2.57. The minimum atomic E-state index is -3.55. The number of hydrogen-bond donors (Lipinski definition) is 0. The van der Waals surface area contributed by atoms with E-state index in [1.807, 2.05) is 0 Å². The van der Waals surface area contributed by atoms with Crippen molar-refractivity contribution in [2.45, 2.75) is 25.3 Å². The van der Waals surface area contributed by atoms with Gasteiger partial charge in [-0.1, -0.05) is 0 Å². The largest absolute Gasteiger partial charge is 0.335 e. The van der Waals surface area contributed by atoms with Crippen LogP contribution in [0.2, 0.25) is 0 Å². The summed E-state index contributed by atoms with van der Waals surface area (Å²) < 4.78 is 68.0. The van der Waals surface area contributed by atoms with Gasteiger partial charge < -0.3 is 4.90 Å². The van der Waals surface area contributed by atoms with Crippen molar-refractivity contribution in [2.75, 3.05) is 33.7 Å². The van der Waals surface area contributed by atoms with Crippen LogP contribution in [0, 0.1) is 23.4 Å². The Kier molecular flexibility index (Phi) is 5.51. The van der Waals surface area contributed by atoms with E-state index in [-0.39, 0.29) is 25.0 Å². The predicted octanol–water partition coefficient (Wildman–Crippen LogP) is 1.84. The molecule has 0 N–H and O–H groups in total. The van der Waals surface area contributed by atoms with Crippen LogP contribution >= 0.6 is 0 Å².